The molecular formula is C37H55NO7. The lowest BCUT2D eigenvalue weighted by Crippen LogP contribution is -2.72. The number of hydrogen-bond acceptors (Lipinski definition) is 6. The van der Waals surface area contributed by atoms with Crippen molar-refractivity contribution in [3.05, 3.63) is 11.6 Å². The van der Waals surface area contributed by atoms with Crippen LogP contribution in [0.1, 0.15) is 125 Å². The number of carboxylic acids is 2. The first-order valence-electron chi connectivity index (χ1n) is 17.6. The normalized spacial score (nSPS) is 48.9. The van der Waals surface area contributed by atoms with Gasteiger partial charge in [-0.15, -0.1) is 0 Å². The van der Waals surface area contributed by atoms with Crippen molar-refractivity contribution in [1.82, 2.24) is 0 Å². The number of allylic oxidation sites excluding steroid dienone is 1. The zero-order valence-corrected chi connectivity index (χ0v) is 28.2. The van der Waals surface area contributed by atoms with E-state index in [1.54, 1.807) is 0 Å². The third-order valence-corrected chi connectivity index (χ3v) is 15.2. The van der Waals surface area contributed by atoms with Gasteiger partial charge in [-0.1, -0.05) is 47.5 Å². The topological polar surface area (TPSA) is 144 Å². The van der Waals surface area contributed by atoms with Crippen LogP contribution in [-0.4, -0.2) is 45.5 Å². The van der Waals surface area contributed by atoms with Gasteiger partial charge in [0.15, 0.2) is 5.78 Å². The fraction of sp³-hybridized carbons (Fsp3) is 0.838. The highest BCUT2D eigenvalue weighted by atomic mass is 16.5. The van der Waals surface area contributed by atoms with Crippen molar-refractivity contribution in [2.45, 2.75) is 137 Å². The number of esters is 1. The molecule has 45 heavy (non-hydrogen) atoms. The fourth-order valence-corrected chi connectivity index (χ4v) is 12.2. The number of ether oxygens (including phenoxy) is 1. The number of nitrogens with two attached hydrogens (primary N) is 1. The van der Waals surface area contributed by atoms with Gasteiger partial charge in [-0.05, 0) is 117 Å². The van der Waals surface area contributed by atoms with Gasteiger partial charge in [0.25, 0.3) is 0 Å². The smallest absolute Gasteiger partial charge is 0.310 e. The molecule has 250 valence electrons. The number of carboxylic acid groups (broad SMARTS) is 2. The van der Waals surface area contributed by atoms with Crippen molar-refractivity contribution >= 4 is 23.7 Å². The summed E-state index contributed by atoms with van der Waals surface area (Å²) in [5, 5.41) is 19.9. The second kappa shape index (κ2) is 10.4. The van der Waals surface area contributed by atoms with Gasteiger partial charge < -0.3 is 20.7 Å². The molecule has 0 spiro atoms. The number of aliphatic carboxylic acids is 2. The first kappa shape index (κ1) is 32.7. The first-order chi connectivity index (χ1) is 20.8. The molecule has 0 unspecified atom stereocenters. The average molecular weight is 626 g/mol. The Hall–Kier alpha value is -2.22. The van der Waals surface area contributed by atoms with Crippen LogP contribution in [0.5, 0.6) is 0 Å². The summed E-state index contributed by atoms with van der Waals surface area (Å²) in [5.74, 6) is -3.40. The average Bonchev–Trinajstić information content (AvgIpc) is 2.96. The summed E-state index contributed by atoms with van der Waals surface area (Å²) in [4.78, 5) is 52.3. The number of carbonyl (C=O) groups excluding carboxylic acids is 2. The van der Waals surface area contributed by atoms with Gasteiger partial charge in [0.2, 0.25) is 0 Å². The summed E-state index contributed by atoms with van der Waals surface area (Å²) in [6, 6.07) is 0. The maximum atomic E-state index is 14.6. The van der Waals surface area contributed by atoms with Crippen molar-refractivity contribution in [1.29, 1.82) is 0 Å². The summed E-state index contributed by atoms with van der Waals surface area (Å²) in [6.45, 7) is 13.0. The number of hydrogen-bond donors (Lipinski definition) is 3. The third-order valence-electron chi connectivity index (χ3n) is 15.2. The van der Waals surface area contributed by atoms with Gasteiger partial charge >= 0.3 is 17.9 Å². The molecule has 6 aliphatic rings. The molecule has 0 bridgehead atoms. The highest BCUT2D eigenvalue weighted by Gasteiger charge is 2.71. The van der Waals surface area contributed by atoms with E-state index in [1.807, 2.05) is 13.0 Å². The van der Waals surface area contributed by atoms with Gasteiger partial charge in [0.05, 0.1) is 17.3 Å². The molecule has 0 amide bonds. The first-order valence-corrected chi connectivity index (χ1v) is 17.6. The second-order valence-corrected chi connectivity index (χ2v) is 17.8. The number of rotatable bonds is 4. The molecule has 0 radical (unpaired) electrons. The molecule has 6 rings (SSSR count). The molecule has 8 nitrogen and oxygen atoms in total. The molecule has 0 aliphatic heterocycles. The van der Waals surface area contributed by atoms with Crippen LogP contribution in [0.3, 0.4) is 0 Å². The summed E-state index contributed by atoms with van der Waals surface area (Å²) in [6.07, 6.45) is 11.0. The van der Waals surface area contributed by atoms with E-state index in [0.717, 1.165) is 56.9 Å². The Balaban J connectivity index is 1.30. The van der Waals surface area contributed by atoms with E-state index in [0.29, 0.717) is 32.1 Å². The largest absolute Gasteiger partial charge is 0.481 e. The SMILES string of the molecule is CC1(C)[C@@H](OC(=O)[C@H]2CCCC[C@H]2C(=O)O)CC[C@]2(C)[C@H]3C(=O)C=C4[C@@H]5C[C@@](C)(C(=O)O)CC[C@]5(C)CC[C@@]4(N)[C@]3(C)CC[C@@H]12. The van der Waals surface area contributed by atoms with E-state index >= 15 is 0 Å². The molecule has 5 saturated carbocycles. The fourth-order valence-electron chi connectivity index (χ4n) is 12.2. The van der Waals surface area contributed by atoms with Crippen molar-refractivity contribution in [2.75, 3.05) is 0 Å². The van der Waals surface area contributed by atoms with Crippen LogP contribution in [0.25, 0.3) is 0 Å². The molecule has 0 saturated heterocycles. The Morgan fingerprint density at radius 3 is 2.13 bits per heavy atom. The Morgan fingerprint density at radius 1 is 0.844 bits per heavy atom. The molecule has 8 heteroatoms. The maximum Gasteiger partial charge on any atom is 0.310 e. The van der Waals surface area contributed by atoms with Gasteiger partial charge in [-0.25, -0.2) is 0 Å². The van der Waals surface area contributed by atoms with E-state index in [9.17, 15) is 29.4 Å². The predicted molar refractivity (Wildman–Crippen MR) is 169 cm³/mol. The van der Waals surface area contributed by atoms with Gasteiger partial charge in [0, 0.05) is 16.9 Å². The summed E-state index contributed by atoms with van der Waals surface area (Å²) in [7, 11) is 0. The van der Waals surface area contributed by atoms with Crippen LogP contribution in [0.4, 0.5) is 0 Å². The maximum absolute atomic E-state index is 14.6. The van der Waals surface area contributed by atoms with E-state index < -0.39 is 45.6 Å². The lowest BCUT2D eigenvalue weighted by atomic mass is 9.35. The molecule has 0 aromatic rings. The van der Waals surface area contributed by atoms with E-state index in [1.165, 1.54) is 0 Å². The van der Waals surface area contributed by atoms with Crippen molar-refractivity contribution < 1.29 is 34.1 Å². The van der Waals surface area contributed by atoms with Crippen LogP contribution >= 0.6 is 0 Å². The Morgan fingerprint density at radius 2 is 1.49 bits per heavy atom. The summed E-state index contributed by atoms with van der Waals surface area (Å²) < 4.78 is 6.25. The van der Waals surface area contributed by atoms with Crippen LogP contribution in [0.15, 0.2) is 11.6 Å². The number of ketones is 1. The molecule has 0 heterocycles. The van der Waals surface area contributed by atoms with E-state index in [-0.39, 0.29) is 46.4 Å². The van der Waals surface area contributed by atoms with Crippen LogP contribution in [0, 0.1) is 56.7 Å². The molecule has 0 aromatic heterocycles. The Labute approximate surface area is 268 Å². The molecule has 0 aromatic carbocycles. The molecule has 4 N–H and O–H groups in total. The molecular weight excluding hydrogens is 570 g/mol. The summed E-state index contributed by atoms with van der Waals surface area (Å²) >= 11 is 0. The molecule has 5 fully saturated rings. The lowest BCUT2D eigenvalue weighted by molar-refractivity contribution is -0.206. The van der Waals surface area contributed by atoms with Crippen LogP contribution in [0.2, 0.25) is 0 Å². The zero-order chi connectivity index (χ0) is 33.0. The summed E-state index contributed by atoms with van der Waals surface area (Å²) in [5.41, 5.74) is 5.85. The van der Waals surface area contributed by atoms with Crippen molar-refractivity contribution in [3.8, 4) is 0 Å². The molecule has 6 aliphatic carbocycles. The minimum atomic E-state index is -0.915. The predicted octanol–water partition coefficient (Wildman–Crippen LogP) is 6.55. The standard InChI is InChI=1S/C37H55NO7/c1-32(2)26-11-14-36(6)28(35(26,5)13-12-27(32)45-30(42)22-10-8-7-9-21(22)29(40)41)25(39)19-23-24-20-34(4,31(43)44)16-15-33(24,3)17-18-37(23,36)38/h19,21-22,24,26-28H,7-18,20,38H2,1-6H3,(H,40,41)(H,43,44)/t21-,22+,24+,26+,27+,28-,33-,34+,35+,36-,37+/m1/s1. The second-order valence-electron chi connectivity index (χ2n) is 17.8. The van der Waals surface area contributed by atoms with Gasteiger partial charge in [-0.3, -0.25) is 19.2 Å². The Bertz CT molecular complexity index is 1340. The zero-order valence-electron chi connectivity index (χ0n) is 28.2. The van der Waals surface area contributed by atoms with Gasteiger partial charge in [-0.2, -0.15) is 0 Å². The minimum Gasteiger partial charge on any atom is -0.481 e. The van der Waals surface area contributed by atoms with Gasteiger partial charge in [0.1, 0.15) is 6.10 Å². The number of carbonyl (C=O) groups is 4. The van der Waals surface area contributed by atoms with Crippen LogP contribution < -0.4 is 5.73 Å². The quantitative estimate of drug-likeness (QED) is 0.299. The highest BCUT2D eigenvalue weighted by Crippen LogP contribution is 2.72. The van der Waals surface area contributed by atoms with E-state index in [2.05, 4.69) is 34.6 Å². The lowest BCUT2D eigenvalue weighted by Gasteiger charge is -2.70. The number of fused-ring (bicyclic) bond motifs is 7. The van der Waals surface area contributed by atoms with Crippen molar-refractivity contribution in [2.24, 2.45) is 62.4 Å². The molecule has 11 atom stereocenters. The van der Waals surface area contributed by atoms with E-state index in [4.69, 9.17) is 10.5 Å². The third kappa shape index (κ3) is 4.53. The van der Waals surface area contributed by atoms with Crippen molar-refractivity contribution in [3.63, 3.8) is 0 Å². The highest BCUT2D eigenvalue weighted by molar-refractivity contribution is 5.96. The van der Waals surface area contributed by atoms with Crippen LogP contribution in [-0.2, 0) is 23.9 Å². The minimum absolute atomic E-state index is 0.0284. The Kier molecular flexibility index (Phi) is 7.55. The monoisotopic (exact) mass is 625 g/mol.